The summed E-state index contributed by atoms with van der Waals surface area (Å²) in [5.74, 6) is 0.659. The van der Waals surface area contributed by atoms with E-state index in [2.05, 4.69) is 54.5 Å². The van der Waals surface area contributed by atoms with Crippen molar-refractivity contribution in [3.8, 4) is 0 Å². The highest BCUT2D eigenvalue weighted by molar-refractivity contribution is 5.73. The molecule has 0 aromatic rings. The van der Waals surface area contributed by atoms with Crippen LogP contribution in [0.25, 0.3) is 0 Å². The molecule has 5 aliphatic carbocycles. The summed E-state index contributed by atoms with van der Waals surface area (Å²) in [4.78, 5) is 13.3. The molecule has 6 rings (SSSR count). The number of nitrogens with two attached hydrogens (primary N) is 1. The highest BCUT2D eigenvalue weighted by Crippen LogP contribution is 2.75. The molecule has 0 aromatic heterocycles. The van der Waals surface area contributed by atoms with Crippen LogP contribution in [0.1, 0.15) is 113 Å². The van der Waals surface area contributed by atoms with E-state index in [0.29, 0.717) is 36.9 Å². The van der Waals surface area contributed by atoms with Gasteiger partial charge in [-0.15, -0.1) is 0 Å². The second kappa shape index (κ2) is 10.5. The third-order valence-corrected chi connectivity index (χ3v) is 15.5. The van der Waals surface area contributed by atoms with E-state index in [1.807, 2.05) is 7.11 Å². The Balaban J connectivity index is 1.37. The molecular weight excluding hydrogens is 538 g/mol. The molecule has 1 aliphatic heterocycles. The quantitative estimate of drug-likeness (QED) is 0.300. The molecule has 6 aliphatic rings. The van der Waals surface area contributed by atoms with E-state index >= 15 is 0 Å². The van der Waals surface area contributed by atoms with Gasteiger partial charge in [-0.05, 0) is 91.3 Å². The van der Waals surface area contributed by atoms with Gasteiger partial charge in [-0.3, -0.25) is 4.79 Å². The van der Waals surface area contributed by atoms with Crippen LogP contribution >= 0.6 is 0 Å². The molecule has 0 spiro atoms. The van der Waals surface area contributed by atoms with Crippen LogP contribution < -0.4 is 5.73 Å². The predicted octanol–water partition coefficient (Wildman–Crippen LogP) is 7.25. The summed E-state index contributed by atoms with van der Waals surface area (Å²) in [7, 11) is 1.86. The molecule has 2 bridgehead atoms. The number of ether oxygens (including phenoxy) is 3. The van der Waals surface area contributed by atoms with Crippen molar-refractivity contribution in [2.45, 2.75) is 130 Å². The fourth-order valence-corrected chi connectivity index (χ4v) is 12.6. The Kier molecular flexibility index (Phi) is 7.84. The highest BCUT2D eigenvalue weighted by atomic mass is 16.5. The minimum atomic E-state index is -0.599. The van der Waals surface area contributed by atoms with Gasteiger partial charge in [0.2, 0.25) is 0 Å². The van der Waals surface area contributed by atoms with Gasteiger partial charge in [-0.25, -0.2) is 0 Å². The third kappa shape index (κ3) is 4.34. The summed E-state index contributed by atoms with van der Waals surface area (Å²) >= 11 is 0. The van der Waals surface area contributed by atoms with E-state index in [1.54, 1.807) is 5.57 Å². The third-order valence-electron chi connectivity index (χ3n) is 15.5. The standard InChI is InChI=1S/C37H61NO5/c1-23(2)24(3)32(4)17-18-34(6)25-11-12-28-33(5)20-42-22-37(28,26(25)13-16-35(34,7)29(32)31(39)40)19-27(41-8)30(33)43-21-36(38)14-9-10-15-36/h13,23-25,27-30H,9-12,14-22,38H2,1-8H3,(H,39,40)/t24-,25+,27-,28+,29-,30+,32-,33+,34-,35+,37+/m1/s1. The summed E-state index contributed by atoms with van der Waals surface area (Å²) < 4.78 is 19.8. The zero-order valence-corrected chi connectivity index (χ0v) is 28.5. The number of fused-ring (bicyclic) bond motifs is 3. The first-order valence-corrected chi connectivity index (χ1v) is 17.6. The van der Waals surface area contributed by atoms with Gasteiger partial charge in [-0.2, -0.15) is 0 Å². The number of hydrogen-bond acceptors (Lipinski definition) is 5. The number of aliphatic carboxylic acids is 1. The van der Waals surface area contributed by atoms with Crippen LogP contribution in [0, 0.1) is 56.7 Å². The zero-order chi connectivity index (χ0) is 31.2. The van der Waals surface area contributed by atoms with Crippen molar-refractivity contribution < 1.29 is 24.1 Å². The number of allylic oxidation sites excluding steroid dienone is 1. The van der Waals surface area contributed by atoms with Crippen molar-refractivity contribution >= 4 is 5.97 Å². The molecule has 11 atom stereocenters. The molecule has 0 radical (unpaired) electrons. The molecule has 1 saturated heterocycles. The Morgan fingerprint density at radius 1 is 1.05 bits per heavy atom. The van der Waals surface area contributed by atoms with Crippen LogP contribution in [0.15, 0.2) is 11.6 Å². The first kappa shape index (κ1) is 32.0. The van der Waals surface area contributed by atoms with Crippen molar-refractivity contribution in [2.24, 2.45) is 62.4 Å². The molecule has 0 unspecified atom stereocenters. The topological polar surface area (TPSA) is 91.0 Å². The number of methoxy groups -OCH3 is 1. The van der Waals surface area contributed by atoms with Crippen LogP contribution in [0.3, 0.4) is 0 Å². The van der Waals surface area contributed by atoms with Gasteiger partial charge in [0.1, 0.15) is 0 Å². The first-order chi connectivity index (χ1) is 20.1. The number of carboxylic acid groups (broad SMARTS) is 1. The lowest BCUT2D eigenvalue weighted by atomic mass is 9.34. The average Bonchev–Trinajstić information content (AvgIpc) is 3.38. The largest absolute Gasteiger partial charge is 0.481 e. The number of rotatable bonds is 7. The maximum Gasteiger partial charge on any atom is 0.307 e. The molecular formula is C37H61NO5. The van der Waals surface area contributed by atoms with E-state index < -0.39 is 5.97 Å². The average molecular weight is 600 g/mol. The maximum absolute atomic E-state index is 13.3. The summed E-state index contributed by atoms with van der Waals surface area (Å²) in [6.07, 6.45) is 13.0. The summed E-state index contributed by atoms with van der Waals surface area (Å²) in [5, 5.41) is 10.9. The number of carboxylic acids is 1. The predicted molar refractivity (Wildman–Crippen MR) is 169 cm³/mol. The number of carbonyl (C=O) groups is 1. The van der Waals surface area contributed by atoms with Crippen LogP contribution in [0.5, 0.6) is 0 Å². The van der Waals surface area contributed by atoms with Crippen molar-refractivity contribution in [1.29, 1.82) is 0 Å². The Labute approximate surface area is 261 Å². The van der Waals surface area contributed by atoms with Crippen LogP contribution in [-0.4, -0.2) is 55.8 Å². The Bertz CT molecular complexity index is 1130. The van der Waals surface area contributed by atoms with E-state index in [9.17, 15) is 9.90 Å². The lowest BCUT2D eigenvalue weighted by Gasteiger charge is -2.71. The molecule has 43 heavy (non-hydrogen) atoms. The molecule has 6 heteroatoms. The number of hydrogen-bond donors (Lipinski definition) is 2. The van der Waals surface area contributed by atoms with Gasteiger partial charge in [0.15, 0.2) is 0 Å². The van der Waals surface area contributed by atoms with Crippen molar-refractivity contribution in [1.82, 2.24) is 0 Å². The molecule has 5 fully saturated rings. The SMILES string of the molecule is CO[C@@H]1C[C@@]23COC[C@@](C)([C@@H]2CC[C@H]2C3=CC[C@@]3(C)[C@H](C(=O)O)[C@@](C)([C@H](C)C(C)C)CC[C@]23C)[C@H]1OCC1(N)CCCC1. The highest BCUT2D eigenvalue weighted by Gasteiger charge is 2.71. The van der Waals surface area contributed by atoms with Gasteiger partial charge < -0.3 is 25.1 Å². The molecule has 0 aromatic carbocycles. The zero-order valence-electron chi connectivity index (χ0n) is 28.5. The first-order valence-electron chi connectivity index (χ1n) is 17.6. The van der Waals surface area contributed by atoms with Gasteiger partial charge in [0.25, 0.3) is 0 Å². The Morgan fingerprint density at radius 2 is 1.74 bits per heavy atom. The fourth-order valence-electron chi connectivity index (χ4n) is 12.6. The molecule has 0 amide bonds. The second-order valence-corrected chi connectivity index (χ2v) is 17.6. The van der Waals surface area contributed by atoms with E-state index in [4.69, 9.17) is 19.9 Å². The fraction of sp³-hybridized carbons (Fsp3) is 0.919. The van der Waals surface area contributed by atoms with Gasteiger partial charge >= 0.3 is 5.97 Å². The Hall–Kier alpha value is -0.950. The molecule has 3 N–H and O–H groups in total. The van der Waals surface area contributed by atoms with Gasteiger partial charge in [0.05, 0.1) is 37.9 Å². The molecule has 4 saturated carbocycles. The molecule has 244 valence electrons. The van der Waals surface area contributed by atoms with Crippen molar-refractivity contribution in [2.75, 3.05) is 26.9 Å². The maximum atomic E-state index is 13.3. The van der Waals surface area contributed by atoms with Crippen molar-refractivity contribution in [3.05, 3.63) is 11.6 Å². The van der Waals surface area contributed by atoms with E-state index in [0.717, 1.165) is 58.0 Å². The monoisotopic (exact) mass is 599 g/mol. The summed E-state index contributed by atoms with van der Waals surface area (Å²) in [6.45, 7) is 18.3. The van der Waals surface area contributed by atoms with Crippen LogP contribution in [0.4, 0.5) is 0 Å². The Morgan fingerprint density at radius 3 is 2.37 bits per heavy atom. The normalized spacial score (nSPS) is 49.4. The summed E-state index contributed by atoms with van der Waals surface area (Å²) in [6, 6.07) is 0. The lowest BCUT2D eigenvalue weighted by molar-refractivity contribution is -0.269. The summed E-state index contributed by atoms with van der Waals surface area (Å²) in [5.41, 5.74) is 7.29. The van der Waals surface area contributed by atoms with E-state index in [-0.39, 0.29) is 50.7 Å². The van der Waals surface area contributed by atoms with E-state index in [1.165, 1.54) is 12.8 Å². The molecule has 1 heterocycles. The molecule has 6 nitrogen and oxygen atoms in total. The van der Waals surface area contributed by atoms with Crippen LogP contribution in [-0.2, 0) is 19.0 Å². The van der Waals surface area contributed by atoms with Crippen molar-refractivity contribution in [3.63, 3.8) is 0 Å². The lowest BCUT2D eigenvalue weighted by Crippen LogP contribution is -2.70. The smallest absolute Gasteiger partial charge is 0.307 e. The minimum Gasteiger partial charge on any atom is -0.481 e. The van der Waals surface area contributed by atoms with Gasteiger partial charge in [0, 0.05) is 23.5 Å². The second-order valence-electron chi connectivity index (χ2n) is 17.6. The minimum absolute atomic E-state index is 0.00998. The van der Waals surface area contributed by atoms with Gasteiger partial charge in [-0.1, -0.05) is 73.0 Å². The van der Waals surface area contributed by atoms with Crippen LogP contribution in [0.2, 0.25) is 0 Å².